The monoisotopic (exact) mass is 362 g/mol. The van der Waals surface area contributed by atoms with Crippen LogP contribution in [-0.2, 0) is 14.3 Å². The number of carbonyl (C=O) groups excluding carboxylic acids is 2. The van der Waals surface area contributed by atoms with Crippen molar-refractivity contribution in [3.63, 3.8) is 0 Å². The molecule has 142 valence electrons. The van der Waals surface area contributed by atoms with Gasteiger partial charge in [0.05, 0.1) is 25.4 Å². The minimum Gasteiger partial charge on any atom is -0.478 e. The van der Waals surface area contributed by atoms with E-state index in [0.29, 0.717) is 24.4 Å². The maximum Gasteiger partial charge on any atom is 0.268 e. The first-order valence-corrected chi connectivity index (χ1v) is 9.44. The number of ether oxygens (including phenoxy) is 2. The van der Waals surface area contributed by atoms with Crippen LogP contribution in [0.2, 0.25) is 0 Å². The van der Waals surface area contributed by atoms with Gasteiger partial charge in [-0.3, -0.25) is 14.5 Å². The number of hydrogen-bond donors (Lipinski definition) is 2. The van der Waals surface area contributed by atoms with Gasteiger partial charge in [-0.25, -0.2) is 0 Å². The Morgan fingerprint density at radius 3 is 2.85 bits per heavy atom. The first-order valence-electron chi connectivity index (χ1n) is 9.44. The zero-order valence-electron chi connectivity index (χ0n) is 15.3. The molecule has 1 aromatic carbocycles. The fraction of sp³-hybridized carbons (Fsp3) is 0.579. The summed E-state index contributed by atoms with van der Waals surface area (Å²) in [5.74, 6) is 0.365. The Labute approximate surface area is 154 Å². The van der Waals surface area contributed by atoms with Crippen molar-refractivity contribution in [2.45, 2.75) is 25.9 Å². The number of carbonyl (C=O) groups is 2. The third-order valence-corrected chi connectivity index (χ3v) is 4.87. The molecule has 0 spiro atoms. The number of hydrogen-bond acceptors (Lipinski definition) is 4. The lowest BCUT2D eigenvalue weighted by atomic mass is 10.1. The number of nitrogens with one attached hydrogen (secondary N) is 2. The van der Waals surface area contributed by atoms with Gasteiger partial charge in [0.25, 0.3) is 5.91 Å². The molecule has 1 unspecified atom stereocenters. The van der Waals surface area contributed by atoms with E-state index in [1.54, 1.807) is 0 Å². The largest absolute Gasteiger partial charge is 0.478 e. The zero-order chi connectivity index (χ0) is 18.4. The second-order valence-corrected chi connectivity index (χ2v) is 6.72. The molecular weight excluding hydrogens is 334 g/mol. The Morgan fingerprint density at radius 2 is 2.08 bits per heavy atom. The molecule has 2 aliphatic heterocycles. The fourth-order valence-corrected chi connectivity index (χ4v) is 3.37. The van der Waals surface area contributed by atoms with Crippen molar-refractivity contribution >= 4 is 17.5 Å². The van der Waals surface area contributed by atoms with Gasteiger partial charge in [0.15, 0.2) is 6.10 Å². The van der Waals surface area contributed by atoms with Gasteiger partial charge in [0.1, 0.15) is 25.4 Å². The zero-order valence-corrected chi connectivity index (χ0v) is 15.3. The average molecular weight is 362 g/mol. The summed E-state index contributed by atoms with van der Waals surface area (Å²) in [6.45, 7) is 7.29. The SMILES string of the molecule is CCC1Oc2ccccc2N(CC(=O)NCCC[NH+]2CCOCC2)C1=O. The molecule has 2 amide bonds. The molecule has 0 saturated carbocycles. The number of amides is 2. The van der Waals surface area contributed by atoms with Gasteiger partial charge in [0, 0.05) is 13.0 Å². The molecular formula is C19H28N3O4+. The molecule has 0 radical (unpaired) electrons. The van der Waals surface area contributed by atoms with Gasteiger partial charge >= 0.3 is 0 Å². The summed E-state index contributed by atoms with van der Waals surface area (Å²) in [5.41, 5.74) is 0.662. The molecule has 1 fully saturated rings. The van der Waals surface area contributed by atoms with Gasteiger partial charge in [-0.05, 0) is 18.6 Å². The number of nitrogens with zero attached hydrogens (tertiary/aromatic N) is 1. The summed E-state index contributed by atoms with van der Waals surface area (Å²) < 4.78 is 11.1. The van der Waals surface area contributed by atoms with Crippen molar-refractivity contribution in [2.24, 2.45) is 0 Å². The maximum absolute atomic E-state index is 12.6. The molecule has 1 atom stereocenters. The van der Waals surface area contributed by atoms with Crippen molar-refractivity contribution in [1.29, 1.82) is 0 Å². The summed E-state index contributed by atoms with van der Waals surface area (Å²) in [6.07, 6.45) is 0.975. The molecule has 0 aliphatic carbocycles. The van der Waals surface area contributed by atoms with E-state index >= 15 is 0 Å². The predicted molar refractivity (Wildman–Crippen MR) is 97.5 cm³/mol. The van der Waals surface area contributed by atoms with Gasteiger partial charge < -0.3 is 19.7 Å². The summed E-state index contributed by atoms with van der Waals surface area (Å²) in [4.78, 5) is 28.0. The fourth-order valence-electron chi connectivity index (χ4n) is 3.37. The van der Waals surface area contributed by atoms with E-state index < -0.39 is 6.10 Å². The average Bonchev–Trinajstić information content (AvgIpc) is 2.68. The Morgan fingerprint density at radius 1 is 1.31 bits per heavy atom. The number of fused-ring (bicyclic) bond motifs is 1. The first kappa shape index (κ1) is 18.7. The van der Waals surface area contributed by atoms with Gasteiger partial charge in [-0.1, -0.05) is 19.1 Å². The second kappa shape index (κ2) is 9.00. The van der Waals surface area contributed by atoms with E-state index in [9.17, 15) is 9.59 Å². The van der Waals surface area contributed by atoms with Gasteiger partial charge in [-0.15, -0.1) is 0 Å². The molecule has 1 aromatic rings. The number of rotatable bonds is 7. The summed E-state index contributed by atoms with van der Waals surface area (Å²) in [6, 6.07) is 7.36. The van der Waals surface area contributed by atoms with Gasteiger partial charge in [-0.2, -0.15) is 0 Å². The van der Waals surface area contributed by atoms with Crippen LogP contribution >= 0.6 is 0 Å². The lowest BCUT2D eigenvalue weighted by Crippen LogP contribution is -3.14. The molecule has 2 N–H and O–H groups in total. The molecule has 26 heavy (non-hydrogen) atoms. The normalized spacial score (nSPS) is 20.4. The highest BCUT2D eigenvalue weighted by Gasteiger charge is 2.34. The van der Waals surface area contributed by atoms with Crippen LogP contribution in [0.25, 0.3) is 0 Å². The van der Waals surface area contributed by atoms with E-state index in [1.165, 1.54) is 9.80 Å². The topological polar surface area (TPSA) is 72.3 Å². The number of quaternary nitrogens is 1. The van der Waals surface area contributed by atoms with E-state index in [0.717, 1.165) is 39.3 Å². The van der Waals surface area contributed by atoms with E-state index in [1.807, 2.05) is 31.2 Å². The minimum absolute atomic E-state index is 0.0279. The van der Waals surface area contributed by atoms with Crippen molar-refractivity contribution < 1.29 is 24.0 Å². The number of anilines is 1. The van der Waals surface area contributed by atoms with Crippen LogP contribution < -0.4 is 19.9 Å². The lowest BCUT2D eigenvalue weighted by Gasteiger charge is -2.33. The number of benzene rings is 1. The molecule has 2 heterocycles. The van der Waals surface area contributed by atoms with Crippen molar-refractivity contribution in [3.8, 4) is 5.75 Å². The van der Waals surface area contributed by atoms with Crippen LogP contribution in [0.3, 0.4) is 0 Å². The Hall–Kier alpha value is -2.12. The van der Waals surface area contributed by atoms with Crippen LogP contribution in [0.4, 0.5) is 5.69 Å². The summed E-state index contributed by atoms with van der Waals surface area (Å²) in [7, 11) is 0. The van der Waals surface area contributed by atoms with Crippen molar-refractivity contribution in [2.75, 3.05) is 50.8 Å². The molecule has 2 aliphatic rings. The Bertz CT molecular complexity index is 631. The Kier molecular flexibility index (Phi) is 6.46. The minimum atomic E-state index is -0.525. The predicted octanol–water partition coefficient (Wildman–Crippen LogP) is -0.388. The lowest BCUT2D eigenvalue weighted by molar-refractivity contribution is -0.908. The third-order valence-electron chi connectivity index (χ3n) is 4.87. The van der Waals surface area contributed by atoms with Gasteiger partial charge in [0.2, 0.25) is 5.91 Å². The van der Waals surface area contributed by atoms with Crippen LogP contribution in [0.15, 0.2) is 24.3 Å². The highest BCUT2D eigenvalue weighted by Crippen LogP contribution is 2.34. The quantitative estimate of drug-likeness (QED) is 0.648. The van der Waals surface area contributed by atoms with Crippen molar-refractivity contribution in [1.82, 2.24) is 5.32 Å². The van der Waals surface area contributed by atoms with E-state index in [4.69, 9.17) is 9.47 Å². The smallest absolute Gasteiger partial charge is 0.268 e. The number of morpholine rings is 1. The Balaban J connectivity index is 1.50. The number of para-hydroxylation sites is 2. The molecule has 7 heteroatoms. The standard InChI is InChI=1S/C19H27N3O4/c1-2-16-19(24)22(15-6-3-4-7-17(15)26-16)14-18(23)20-8-5-9-21-10-12-25-13-11-21/h3-4,6-7,16H,2,5,8-14H2,1H3,(H,20,23)/p+1. The highest BCUT2D eigenvalue weighted by molar-refractivity contribution is 6.03. The molecule has 0 bridgehead atoms. The summed E-state index contributed by atoms with van der Waals surface area (Å²) in [5, 5.41) is 2.94. The van der Waals surface area contributed by atoms with E-state index in [-0.39, 0.29) is 18.4 Å². The third kappa shape index (κ3) is 4.53. The molecule has 1 saturated heterocycles. The van der Waals surface area contributed by atoms with Crippen molar-refractivity contribution in [3.05, 3.63) is 24.3 Å². The molecule has 7 nitrogen and oxygen atoms in total. The molecule has 0 aromatic heterocycles. The highest BCUT2D eigenvalue weighted by atomic mass is 16.5. The van der Waals surface area contributed by atoms with E-state index in [2.05, 4.69) is 5.32 Å². The van der Waals surface area contributed by atoms with Crippen LogP contribution in [0.1, 0.15) is 19.8 Å². The molecule has 3 rings (SSSR count). The van der Waals surface area contributed by atoms with Crippen LogP contribution in [-0.4, -0.2) is 63.9 Å². The second-order valence-electron chi connectivity index (χ2n) is 6.72. The maximum atomic E-state index is 12.6. The van der Waals surface area contributed by atoms with Crippen LogP contribution in [0, 0.1) is 0 Å². The summed E-state index contributed by atoms with van der Waals surface area (Å²) >= 11 is 0. The van der Waals surface area contributed by atoms with Crippen LogP contribution in [0.5, 0.6) is 5.75 Å². The first-order chi connectivity index (χ1) is 12.7.